The molecule has 0 saturated heterocycles. The molecule has 156 valence electrons. The van der Waals surface area contributed by atoms with Crippen molar-refractivity contribution >= 4 is 23.0 Å². The third-order valence-corrected chi connectivity index (χ3v) is 5.56. The van der Waals surface area contributed by atoms with Crippen LogP contribution < -0.4 is 19.4 Å². The van der Waals surface area contributed by atoms with Crippen LogP contribution in [0.15, 0.2) is 77.9 Å². The molecule has 0 N–H and O–H groups in total. The molecule has 2 heterocycles. The van der Waals surface area contributed by atoms with Gasteiger partial charge in [0, 0.05) is 18.2 Å². The van der Waals surface area contributed by atoms with E-state index in [-0.39, 0.29) is 18.7 Å². The molecule has 5 rings (SSSR count). The van der Waals surface area contributed by atoms with E-state index >= 15 is 0 Å². The number of amidine groups is 1. The monoisotopic (exact) mass is 413 g/mol. The van der Waals surface area contributed by atoms with Gasteiger partial charge in [0.1, 0.15) is 0 Å². The van der Waals surface area contributed by atoms with Gasteiger partial charge in [0.2, 0.25) is 6.79 Å². The lowest BCUT2D eigenvalue weighted by Crippen LogP contribution is -2.37. The highest BCUT2D eigenvalue weighted by Gasteiger charge is 2.39. The molecular formula is C25H23N3O3. The SMILES string of the molecule is CCc1ccc(N2C(C(C)=O)=NN(c3ccccc3)[C@@H]2c2ccc3c(c2)OCO3)cc1. The molecule has 0 aromatic heterocycles. The van der Waals surface area contributed by atoms with Crippen molar-refractivity contribution in [1.29, 1.82) is 0 Å². The summed E-state index contributed by atoms with van der Waals surface area (Å²) in [5, 5.41) is 6.65. The van der Waals surface area contributed by atoms with Gasteiger partial charge >= 0.3 is 0 Å². The van der Waals surface area contributed by atoms with Crippen LogP contribution in [0, 0.1) is 0 Å². The molecule has 0 spiro atoms. The second kappa shape index (κ2) is 7.80. The van der Waals surface area contributed by atoms with Crippen LogP contribution in [-0.4, -0.2) is 18.4 Å². The zero-order chi connectivity index (χ0) is 21.4. The van der Waals surface area contributed by atoms with Gasteiger partial charge in [-0.05, 0) is 48.4 Å². The summed E-state index contributed by atoms with van der Waals surface area (Å²) in [6.45, 7) is 3.89. The van der Waals surface area contributed by atoms with Gasteiger partial charge in [-0.2, -0.15) is 0 Å². The van der Waals surface area contributed by atoms with Gasteiger partial charge in [0.15, 0.2) is 29.3 Å². The van der Waals surface area contributed by atoms with E-state index in [1.165, 1.54) is 5.56 Å². The van der Waals surface area contributed by atoms with Crippen LogP contribution in [0.25, 0.3) is 0 Å². The molecule has 0 unspecified atom stereocenters. The molecule has 1 atom stereocenters. The summed E-state index contributed by atoms with van der Waals surface area (Å²) in [7, 11) is 0. The van der Waals surface area contributed by atoms with E-state index in [4.69, 9.17) is 14.6 Å². The van der Waals surface area contributed by atoms with Crippen LogP contribution in [0.2, 0.25) is 0 Å². The first-order chi connectivity index (χ1) is 15.2. The molecule has 6 heteroatoms. The number of nitrogens with zero attached hydrogens (tertiary/aromatic N) is 3. The number of hydrazone groups is 1. The van der Waals surface area contributed by atoms with Crippen LogP contribution in [0.5, 0.6) is 11.5 Å². The minimum atomic E-state index is -0.344. The van der Waals surface area contributed by atoms with Gasteiger partial charge in [-0.15, -0.1) is 5.10 Å². The third-order valence-electron chi connectivity index (χ3n) is 5.56. The Balaban J connectivity index is 1.66. The molecule has 0 fully saturated rings. The zero-order valence-electron chi connectivity index (χ0n) is 17.5. The maximum Gasteiger partial charge on any atom is 0.231 e. The Hall–Kier alpha value is -3.80. The Morgan fingerprint density at radius 2 is 1.71 bits per heavy atom. The molecular weight excluding hydrogens is 390 g/mol. The molecule has 0 radical (unpaired) electrons. The van der Waals surface area contributed by atoms with Crippen molar-refractivity contribution in [3.05, 3.63) is 83.9 Å². The first-order valence-electron chi connectivity index (χ1n) is 10.4. The summed E-state index contributed by atoms with van der Waals surface area (Å²) in [4.78, 5) is 14.6. The fourth-order valence-electron chi connectivity index (χ4n) is 3.97. The highest BCUT2D eigenvalue weighted by atomic mass is 16.7. The van der Waals surface area contributed by atoms with E-state index in [9.17, 15) is 4.79 Å². The number of carbonyl (C=O) groups is 1. The number of carbonyl (C=O) groups excluding carboxylic acids is 1. The number of fused-ring (bicyclic) bond motifs is 1. The molecule has 0 saturated carbocycles. The molecule has 2 aliphatic heterocycles. The topological polar surface area (TPSA) is 54.4 Å². The Kier molecular flexibility index (Phi) is 4.82. The Morgan fingerprint density at radius 3 is 2.42 bits per heavy atom. The van der Waals surface area contributed by atoms with Gasteiger partial charge in [-0.25, -0.2) is 5.01 Å². The number of benzene rings is 3. The van der Waals surface area contributed by atoms with Gasteiger partial charge in [-0.1, -0.05) is 43.3 Å². The van der Waals surface area contributed by atoms with Crippen LogP contribution in [0.4, 0.5) is 11.4 Å². The normalized spacial score (nSPS) is 17.1. The van der Waals surface area contributed by atoms with Gasteiger partial charge < -0.3 is 9.47 Å². The lowest BCUT2D eigenvalue weighted by atomic mass is 10.1. The lowest BCUT2D eigenvalue weighted by molar-refractivity contribution is -0.111. The summed E-state index contributed by atoms with van der Waals surface area (Å²) in [6.07, 6.45) is 0.610. The molecule has 0 bridgehead atoms. The van der Waals surface area contributed by atoms with Crippen LogP contribution in [0.1, 0.15) is 31.1 Å². The number of aryl methyl sites for hydroxylation is 1. The van der Waals surface area contributed by atoms with Crippen LogP contribution in [-0.2, 0) is 11.2 Å². The highest BCUT2D eigenvalue weighted by molar-refractivity contribution is 6.44. The number of ether oxygens (including phenoxy) is 2. The van der Waals surface area contributed by atoms with Crippen LogP contribution in [0.3, 0.4) is 0 Å². The fraction of sp³-hybridized carbons (Fsp3) is 0.200. The number of para-hydroxylation sites is 1. The number of rotatable bonds is 5. The Morgan fingerprint density at radius 1 is 0.968 bits per heavy atom. The van der Waals surface area contributed by atoms with E-state index in [0.29, 0.717) is 11.6 Å². The molecule has 31 heavy (non-hydrogen) atoms. The minimum Gasteiger partial charge on any atom is -0.454 e. The predicted molar refractivity (Wildman–Crippen MR) is 121 cm³/mol. The van der Waals surface area contributed by atoms with Crippen molar-refractivity contribution in [2.75, 3.05) is 16.7 Å². The minimum absolute atomic E-state index is 0.0938. The molecule has 6 nitrogen and oxygen atoms in total. The van der Waals surface area contributed by atoms with Gasteiger partial charge in [0.05, 0.1) is 5.69 Å². The van der Waals surface area contributed by atoms with Crippen molar-refractivity contribution in [2.24, 2.45) is 5.10 Å². The van der Waals surface area contributed by atoms with E-state index in [2.05, 4.69) is 19.1 Å². The lowest BCUT2D eigenvalue weighted by Gasteiger charge is -2.32. The van der Waals surface area contributed by atoms with E-state index in [1.54, 1.807) is 6.92 Å². The van der Waals surface area contributed by atoms with Crippen molar-refractivity contribution in [3.8, 4) is 11.5 Å². The maximum atomic E-state index is 12.7. The average molecular weight is 413 g/mol. The fourth-order valence-corrected chi connectivity index (χ4v) is 3.97. The number of ketones is 1. The van der Waals surface area contributed by atoms with E-state index in [0.717, 1.165) is 29.1 Å². The molecule has 0 amide bonds. The first kappa shape index (κ1) is 19.2. The van der Waals surface area contributed by atoms with E-state index < -0.39 is 0 Å². The Bertz CT molecular complexity index is 1140. The summed E-state index contributed by atoms with van der Waals surface area (Å²) in [5.41, 5.74) is 4.00. The van der Waals surface area contributed by atoms with Crippen molar-refractivity contribution < 1.29 is 14.3 Å². The van der Waals surface area contributed by atoms with Crippen LogP contribution >= 0.6 is 0 Å². The van der Waals surface area contributed by atoms with E-state index in [1.807, 2.05) is 70.6 Å². The molecule has 3 aromatic rings. The zero-order valence-corrected chi connectivity index (χ0v) is 17.5. The van der Waals surface area contributed by atoms with Gasteiger partial charge in [-0.3, -0.25) is 9.69 Å². The maximum absolute atomic E-state index is 12.7. The molecule has 2 aliphatic rings. The standard InChI is InChI=1S/C25H23N3O3/c1-3-18-9-12-20(13-10-18)27-24(17(2)29)26-28(21-7-5-4-6-8-21)25(27)19-11-14-22-23(15-19)31-16-30-22/h4-15,25H,3,16H2,1-2H3/t25-/m1/s1. The summed E-state index contributed by atoms with van der Waals surface area (Å²) >= 11 is 0. The summed E-state index contributed by atoms with van der Waals surface area (Å²) in [6, 6.07) is 24.0. The number of hydrogen-bond donors (Lipinski definition) is 0. The third kappa shape index (κ3) is 3.40. The number of hydrogen-bond acceptors (Lipinski definition) is 6. The van der Waals surface area contributed by atoms with Crippen molar-refractivity contribution in [2.45, 2.75) is 26.4 Å². The van der Waals surface area contributed by atoms with Crippen molar-refractivity contribution in [1.82, 2.24) is 0 Å². The van der Waals surface area contributed by atoms with Gasteiger partial charge in [0.25, 0.3) is 0 Å². The van der Waals surface area contributed by atoms with Crippen molar-refractivity contribution in [3.63, 3.8) is 0 Å². The first-order valence-corrected chi connectivity index (χ1v) is 10.4. The summed E-state index contributed by atoms with van der Waals surface area (Å²) in [5.74, 6) is 1.72. The predicted octanol–water partition coefficient (Wildman–Crippen LogP) is 4.91. The second-order valence-electron chi connectivity index (χ2n) is 7.54. The number of anilines is 2. The largest absolute Gasteiger partial charge is 0.454 e. The smallest absolute Gasteiger partial charge is 0.231 e. The highest BCUT2D eigenvalue weighted by Crippen LogP contribution is 2.42. The summed E-state index contributed by atoms with van der Waals surface area (Å²) < 4.78 is 11.1. The molecule has 0 aliphatic carbocycles. The Labute approximate surface area is 181 Å². The second-order valence-corrected chi connectivity index (χ2v) is 7.54. The average Bonchev–Trinajstić information content (AvgIpc) is 3.44. The quantitative estimate of drug-likeness (QED) is 0.595. The molecule has 3 aromatic carbocycles. The number of Topliss-reactive ketones (excluding diaryl/α,β-unsaturated/α-hetero) is 1.